The Kier molecular flexibility index (Phi) is 8.37. The van der Waals surface area contributed by atoms with Crippen LogP contribution in [0.4, 0.5) is 0 Å². The van der Waals surface area contributed by atoms with E-state index in [-0.39, 0.29) is 30.4 Å². The summed E-state index contributed by atoms with van der Waals surface area (Å²) in [4.78, 5) is 25.1. The van der Waals surface area contributed by atoms with E-state index in [0.29, 0.717) is 19.7 Å². The molecule has 0 saturated heterocycles. The van der Waals surface area contributed by atoms with Crippen LogP contribution in [0.15, 0.2) is 0 Å². The number of amides is 1. The largest absolute Gasteiger partial charge is 0.466 e. The van der Waals surface area contributed by atoms with E-state index in [9.17, 15) is 9.59 Å². The maximum Gasteiger partial charge on any atom is 0.307 e. The second kappa shape index (κ2) is 8.91. The van der Waals surface area contributed by atoms with Crippen LogP contribution in [0.5, 0.6) is 0 Å². The van der Waals surface area contributed by atoms with Gasteiger partial charge in [0.1, 0.15) is 0 Å². The Bertz CT molecular complexity index is 265. The number of rotatable bonds is 8. The molecule has 0 aliphatic heterocycles. The van der Waals surface area contributed by atoms with E-state index < -0.39 is 0 Å². The fraction of sp³-hybridized carbons (Fsp3) is 0.846. The summed E-state index contributed by atoms with van der Waals surface area (Å²) in [6, 6.07) is -0.354. The van der Waals surface area contributed by atoms with Gasteiger partial charge in [0.2, 0.25) is 5.91 Å². The van der Waals surface area contributed by atoms with Gasteiger partial charge in [0.25, 0.3) is 0 Å². The maximum atomic E-state index is 12.0. The lowest BCUT2D eigenvalue weighted by Crippen LogP contribution is -2.48. The van der Waals surface area contributed by atoms with Gasteiger partial charge in [0, 0.05) is 19.1 Å². The molecule has 0 radical (unpaired) electrons. The lowest BCUT2D eigenvalue weighted by Gasteiger charge is -2.25. The first-order chi connectivity index (χ1) is 8.46. The molecule has 0 aromatic rings. The molecule has 2 atom stereocenters. The van der Waals surface area contributed by atoms with Gasteiger partial charge in [-0.15, -0.1) is 0 Å². The van der Waals surface area contributed by atoms with Crippen molar-refractivity contribution in [2.45, 2.75) is 53.1 Å². The fourth-order valence-corrected chi connectivity index (χ4v) is 1.84. The van der Waals surface area contributed by atoms with E-state index in [0.717, 1.165) is 0 Å². The number of hydrogen-bond donors (Lipinski definition) is 1. The number of ether oxygens (including phenoxy) is 1. The van der Waals surface area contributed by atoms with E-state index in [1.54, 1.807) is 11.8 Å². The first kappa shape index (κ1) is 16.9. The van der Waals surface area contributed by atoms with Gasteiger partial charge in [0.15, 0.2) is 0 Å². The van der Waals surface area contributed by atoms with Crippen LogP contribution in [0, 0.1) is 0 Å². The molecule has 0 aromatic heterocycles. The van der Waals surface area contributed by atoms with Crippen molar-refractivity contribution in [2.24, 2.45) is 0 Å². The lowest BCUT2D eigenvalue weighted by molar-refractivity contribution is -0.144. The third-order valence-corrected chi connectivity index (χ3v) is 2.76. The van der Waals surface area contributed by atoms with E-state index in [4.69, 9.17) is 4.74 Å². The molecule has 1 N–H and O–H groups in total. The minimum atomic E-state index is -0.283. The summed E-state index contributed by atoms with van der Waals surface area (Å²) in [5.74, 6) is -0.171. The summed E-state index contributed by atoms with van der Waals surface area (Å²) in [5, 5.41) is 3.13. The first-order valence-corrected chi connectivity index (χ1v) is 6.66. The molecule has 0 aliphatic rings. The van der Waals surface area contributed by atoms with Gasteiger partial charge in [-0.3, -0.25) is 9.59 Å². The summed E-state index contributed by atoms with van der Waals surface area (Å²) in [7, 11) is 0. The highest BCUT2D eigenvalue weighted by atomic mass is 16.5. The standard InChI is InChI=1S/C13H26N2O3/c1-6-15(7-2)13(17)11(5)14-10(4)9-12(16)18-8-3/h10-11,14H,6-9H2,1-5H3. The molecule has 0 aliphatic carbocycles. The molecule has 0 bridgehead atoms. The Morgan fingerprint density at radius 3 is 2.17 bits per heavy atom. The molecular weight excluding hydrogens is 232 g/mol. The van der Waals surface area contributed by atoms with Gasteiger partial charge < -0.3 is 15.0 Å². The van der Waals surface area contributed by atoms with Crippen molar-refractivity contribution in [1.82, 2.24) is 10.2 Å². The Morgan fingerprint density at radius 2 is 1.72 bits per heavy atom. The van der Waals surface area contributed by atoms with Crippen molar-refractivity contribution in [1.29, 1.82) is 0 Å². The van der Waals surface area contributed by atoms with Crippen LogP contribution in [0.25, 0.3) is 0 Å². The molecule has 0 saturated carbocycles. The van der Waals surface area contributed by atoms with Gasteiger partial charge in [-0.2, -0.15) is 0 Å². The predicted octanol–water partition coefficient (Wildman–Crippen LogP) is 1.17. The Hall–Kier alpha value is -1.10. The molecule has 5 nitrogen and oxygen atoms in total. The summed E-state index contributed by atoms with van der Waals surface area (Å²) < 4.78 is 4.87. The fourth-order valence-electron chi connectivity index (χ4n) is 1.84. The molecule has 0 fully saturated rings. The topological polar surface area (TPSA) is 58.6 Å². The Morgan fingerprint density at radius 1 is 1.17 bits per heavy atom. The zero-order valence-corrected chi connectivity index (χ0v) is 12.2. The van der Waals surface area contributed by atoms with E-state index in [1.807, 2.05) is 27.7 Å². The summed E-state index contributed by atoms with van der Waals surface area (Å²) in [5.41, 5.74) is 0. The SMILES string of the molecule is CCOC(=O)CC(C)NC(C)C(=O)N(CC)CC. The number of likely N-dealkylation sites (N-methyl/N-ethyl adjacent to an activating group) is 1. The molecule has 5 heteroatoms. The minimum Gasteiger partial charge on any atom is -0.466 e. The molecule has 0 rings (SSSR count). The third kappa shape index (κ3) is 6.00. The third-order valence-electron chi connectivity index (χ3n) is 2.76. The predicted molar refractivity (Wildman–Crippen MR) is 71.2 cm³/mol. The molecule has 1 amide bonds. The number of carbonyl (C=O) groups is 2. The number of nitrogens with zero attached hydrogens (tertiary/aromatic N) is 1. The van der Waals surface area contributed by atoms with Crippen molar-refractivity contribution >= 4 is 11.9 Å². The van der Waals surface area contributed by atoms with E-state index in [2.05, 4.69) is 5.32 Å². The molecule has 18 heavy (non-hydrogen) atoms. The van der Waals surface area contributed by atoms with Crippen molar-refractivity contribution in [3.05, 3.63) is 0 Å². The van der Waals surface area contributed by atoms with Crippen LogP contribution in [0.2, 0.25) is 0 Å². The minimum absolute atomic E-state index is 0.0655. The van der Waals surface area contributed by atoms with Gasteiger partial charge in [0.05, 0.1) is 19.1 Å². The summed E-state index contributed by atoms with van der Waals surface area (Å²) in [6.45, 7) is 11.2. The van der Waals surface area contributed by atoms with Crippen molar-refractivity contribution < 1.29 is 14.3 Å². The van der Waals surface area contributed by atoms with Gasteiger partial charge in [-0.1, -0.05) is 0 Å². The smallest absolute Gasteiger partial charge is 0.307 e. The van der Waals surface area contributed by atoms with Crippen molar-refractivity contribution in [3.8, 4) is 0 Å². The summed E-state index contributed by atoms with van der Waals surface area (Å²) >= 11 is 0. The second-order valence-corrected chi connectivity index (χ2v) is 4.31. The summed E-state index contributed by atoms with van der Waals surface area (Å²) in [6.07, 6.45) is 0.281. The van der Waals surface area contributed by atoms with Gasteiger partial charge >= 0.3 is 5.97 Å². The first-order valence-electron chi connectivity index (χ1n) is 6.66. The number of hydrogen-bond acceptors (Lipinski definition) is 4. The number of esters is 1. The highest BCUT2D eigenvalue weighted by Crippen LogP contribution is 2.00. The zero-order valence-electron chi connectivity index (χ0n) is 12.2. The van der Waals surface area contributed by atoms with Crippen LogP contribution < -0.4 is 5.32 Å². The highest BCUT2D eigenvalue weighted by molar-refractivity contribution is 5.81. The molecule has 2 unspecified atom stereocenters. The van der Waals surface area contributed by atoms with Crippen molar-refractivity contribution in [2.75, 3.05) is 19.7 Å². The lowest BCUT2D eigenvalue weighted by atomic mass is 10.2. The second-order valence-electron chi connectivity index (χ2n) is 4.31. The van der Waals surface area contributed by atoms with Crippen LogP contribution in [0.1, 0.15) is 41.0 Å². The van der Waals surface area contributed by atoms with Gasteiger partial charge in [-0.05, 0) is 34.6 Å². The van der Waals surface area contributed by atoms with E-state index in [1.165, 1.54) is 0 Å². The Labute approximate surface area is 110 Å². The number of carbonyl (C=O) groups excluding carboxylic acids is 2. The van der Waals surface area contributed by atoms with Gasteiger partial charge in [-0.25, -0.2) is 0 Å². The van der Waals surface area contributed by atoms with Crippen LogP contribution in [0.3, 0.4) is 0 Å². The number of nitrogens with one attached hydrogen (secondary N) is 1. The molecular formula is C13H26N2O3. The van der Waals surface area contributed by atoms with Crippen LogP contribution in [-0.2, 0) is 14.3 Å². The Balaban J connectivity index is 4.17. The molecule has 0 heterocycles. The molecule has 106 valence electrons. The maximum absolute atomic E-state index is 12.0. The van der Waals surface area contributed by atoms with Crippen LogP contribution in [-0.4, -0.2) is 48.6 Å². The average Bonchev–Trinajstić information content (AvgIpc) is 2.30. The zero-order chi connectivity index (χ0) is 14.1. The monoisotopic (exact) mass is 258 g/mol. The normalized spacial score (nSPS) is 13.8. The molecule has 0 spiro atoms. The van der Waals surface area contributed by atoms with E-state index >= 15 is 0 Å². The quantitative estimate of drug-likeness (QED) is 0.664. The molecule has 0 aromatic carbocycles. The van der Waals surface area contributed by atoms with Crippen molar-refractivity contribution in [3.63, 3.8) is 0 Å². The van der Waals surface area contributed by atoms with Crippen LogP contribution >= 0.6 is 0 Å². The average molecular weight is 258 g/mol. The highest BCUT2D eigenvalue weighted by Gasteiger charge is 2.20.